The van der Waals surface area contributed by atoms with Crippen molar-refractivity contribution < 1.29 is 18.1 Å². The molecular weight excluding hydrogens is 227 g/mol. The topological polar surface area (TPSA) is 74.6 Å². The van der Waals surface area contributed by atoms with E-state index in [9.17, 15) is 13.5 Å². The first-order valence-corrected chi connectivity index (χ1v) is 5.63. The van der Waals surface area contributed by atoms with Crippen molar-refractivity contribution in [3.63, 3.8) is 0 Å². The normalized spacial score (nSPS) is 18.0. The third kappa shape index (κ3) is 2.27. The van der Waals surface area contributed by atoms with Crippen molar-refractivity contribution in [1.29, 1.82) is 0 Å². The number of hydrogen-bond donors (Lipinski definition) is 2. The van der Waals surface area contributed by atoms with Crippen molar-refractivity contribution in [3.8, 4) is 0 Å². The van der Waals surface area contributed by atoms with E-state index in [4.69, 9.17) is 4.55 Å². The Bertz CT molecular complexity index is 444. The molecule has 0 aliphatic heterocycles. The summed E-state index contributed by atoms with van der Waals surface area (Å²) in [5.74, 6) is 0. The van der Waals surface area contributed by atoms with Gasteiger partial charge < -0.3 is 5.11 Å². The summed E-state index contributed by atoms with van der Waals surface area (Å²) in [4.78, 5) is -2.03. The number of aliphatic hydroxyl groups is 1. The van der Waals surface area contributed by atoms with Gasteiger partial charge >= 0.3 is 0 Å². The van der Waals surface area contributed by atoms with E-state index in [2.05, 4.69) is 0 Å². The third-order valence-electron chi connectivity index (χ3n) is 2.53. The van der Waals surface area contributed by atoms with E-state index < -0.39 is 15.1 Å². The van der Waals surface area contributed by atoms with Crippen LogP contribution in [0.4, 0.5) is 0 Å². The Hall–Kier alpha value is 0.0900. The fourth-order valence-electron chi connectivity index (χ4n) is 1.74. The molecule has 1 aromatic rings. The molecule has 0 bridgehead atoms. The van der Waals surface area contributed by atoms with E-state index in [0.29, 0.717) is 0 Å². The maximum absolute atomic E-state index is 10.9. The number of rotatable bonds is 1. The second-order valence-electron chi connectivity index (χ2n) is 3.54. The van der Waals surface area contributed by atoms with Crippen LogP contribution in [0.1, 0.15) is 11.1 Å². The average molecular weight is 237 g/mol. The monoisotopic (exact) mass is 237 g/mol. The molecule has 0 amide bonds. The van der Waals surface area contributed by atoms with Crippen molar-refractivity contribution in [2.75, 3.05) is 0 Å². The predicted octanol–water partition coefficient (Wildman–Crippen LogP) is -0.0192. The first-order chi connectivity index (χ1) is 6.42. The second kappa shape index (κ2) is 4.16. The molecule has 1 aliphatic carbocycles. The first-order valence-electron chi connectivity index (χ1n) is 4.19. The Morgan fingerprint density at radius 2 is 1.53 bits per heavy atom. The minimum absolute atomic E-state index is 0. The van der Waals surface area contributed by atoms with E-state index >= 15 is 0 Å². The minimum atomic E-state index is -4.41. The maximum Gasteiger partial charge on any atom is 0.295 e. The van der Waals surface area contributed by atoms with Crippen LogP contribution in [0, 0.1) is 0 Å². The Balaban J connectivity index is 0.00000112. The zero-order valence-corrected chi connectivity index (χ0v) is 11.2. The van der Waals surface area contributed by atoms with Gasteiger partial charge in [0.2, 0.25) is 0 Å². The SMILES string of the molecule is O=S(=O)(O)C1(O)Cc2ccccc2C1.[Na]. The summed E-state index contributed by atoms with van der Waals surface area (Å²) in [6, 6.07) is 7.04. The van der Waals surface area contributed by atoms with Crippen molar-refractivity contribution in [2.24, 2.45) is 0 Å². The number of fused-ring (bicyclic) bond motifs is 1. The van der Waals surface area contributed by atoms with Gasteiger partial charge in [0, 0.05) is 42.4 Å². The van der Waals surface area contributed by atoms with E-state index in [-0.39, 0.29) is 42.4 Å². The van der Waals surface area contributed by atoms with Crippen LogP contribution in [-0.2, 0) is 23.0 Å². The Morgan fingerprint density at radius 1 is 1.13 bits per heavy atom. The van der Waals surface area contributed by atoms with Crippen molar-refractivity contribution in [1.82, 2.24) is 0 Å². The van der Waals surface area contributed by atoms with Crippen molar-refractivity contribution >= 4 is 39.7 Å². The van der Waals surface area contributed by atoms with Gasteiger partial charge in [0.05, 0.1) is 0 Å². The molecule has 0 fully saturated rings. The van der Waals surface area contributed by atoms with E-state index in [1.165, 1.54) is 0 Å². The predicted molar refractivity (Wildman–Crippen MR) is 56.1 cm³/mol. The molecule has 0 saturated heterocycles. The van der Waals surface area contributed by atoms with Gasteiger partial charge in [-0.05, 0) is 11.1 Å². The summed E-state index contributed by atoms with van der Waals surface area (Å²) < 4.78 is 30.7. The molecule has 4 nitrogen and oxygen atoms in total. The van der Waals surface area contributed by atoms with Gasteiger partial charge in [-0.15, -0.1) is 0 Å². The summed E-state index contributed by atoms with van der Waals surface area (Å²) in [7, 11) is -4.41. The Labute approximate surface area is 110 Å². The van der Waals surface area contributed by atoms with Crippen LogP contribution in [-0.4, -0.2) is 52.6 Å². The summed E-state index contributed by atoms with van der Waals surface area (Å²) in [6.07, 6.45) is -0.0794. The van der Waals surface area contributed by atoms with Gasteiger partial charge in [-0.2, -0.15) is 8.42 Å². The fraction of sp³-hybridized carbons (Fsp3) is 0.333. The molecule has 2 N–H and O–H groups in total. The van der Waals surface area contributed by atoms with Crippen LogP contribution in [0.25, 0.3) is 0 Å². The summed E-state index contributed by atoms with van der Waals surface area (Å²) in [5.41, 5.74) is 1.54. The van der Waals surface area contributed by atoms with Gasteiger partial charge in [0.1, 0.15) is 0 Å². The van der Waals surface area contributed by atoms with Crippen LogP contribution in [0.3, 0.4) is 0 Å². The molecule has 1 aromatic carbocycles. The average Bonchev–Trinajstić information content (AvgIpc) is 2.40. The zero-order chi connectivity index (χ0) is 10.4. The molecule has 0 heterocycles. The largest absolute Gasteiger partial charge is 0.372 e. The summed E-state index contributed by atoms with van der Waals surface area (Å²) in [6.45, 7) is 0. The molecule has 0 atom stereocenters. The van der Waals surface area contributed by atoms with Gasteiger partial charge in [-0.25, -0.2) is 0 Å². The second-order valence-corrected chi connectivity index (χ2v) is 5.25. The Morgan fingerprint density at radius 3 is 1.87 bits per heavy atom. The molecule has 77 valence electrons. The zero-order valence-electron chi connectivity index (χ0n) is 8.34. The summed E-state index contributed by atoms with van der Waals surface area (Å²) >= 11 is 0. The number of benzene rings is 1. The quantitative estimate of drug-likeness (QED) is 0.532. The van der Waals surface area contributed by atoms with Crippen LogP contribution in [0.5, 0.6) is 0 Å². The van der Waals surface area contributed by atoms with Crippen LogP contribution < -0.4 is 0 Å². The standard InChI is InChI=1S/C9H10O4S.Na/c10-9(14(11,12)13)5-7-3-1-2-4-8(7)6-9;/h1-4,10H,5-6H2,(H,11,12,13);. The molecular formula is C9H10NaO4S. The molecule has 1 radical (unpaired) electrons. The van der Waals surface area contributed by atoms with Gasteiger partial charge in [-0.3, -0.25) is 4.55 Å². The molecule has 6 heteroatoms. The van der Waals surface area contributed by atoms with Gasteiger partial charge in [0.25, 0.3) is 10.1 Å². The molecule has 2 rings (SSSR count). The summed E-state index contributed by atoms with van der Waals surface area (Å²) in [5, 5.41) is 9.71. The smallest absolute Gasteiger partial charge is 0.295 e. The molecule has 0 unspecified atom stereocenters. The van der Waals surface area contributed by atoms with E-state index in [0.717, 1.165) is 11.1 Å². The molecule has 1 aliphatic rings. The fourth-order valence-corrected chi connectivity index (χ4v) is 2.42. The molecule has 0 saturated carbocycles. The molecule has 15 heavy (non-hydrogen) atoms. The third-order valence-corrected chi connectivity index (χ3v) is 3.78. The van der Waals surface area contributed by atoms with E-state index in [1.54, 1.807) is 24.3 Å². The van der Waals surface area contributed by atoms with Crippen molar-refractivity contribution in [3.05, 3.63) is 35.4 Å². The van der Waals surface area contributed by atoms with Crippen molar-refractivity contribution in [2.45, 2.75) is 17.8 Å². The Kier molecular flexibility index (Phi) is 3.65. The number of hydrogen-bond acceptors (Lipinski definition) is 3. The van der Waals surface area contributed by atoms with Gasteiger partial charge in [0.15, 0.2) is 4.93 Å². The molecule has 0 aromatic heterocycles. The first kappa shape index (κ1) is 13.2. The van der Waals surface area contributed by atoms with Crippen LogP contribution >= 0.6 is 0 Å². The van der Waals surface area contributed by atoms with Crippen LogP contribution in [0.2, 0.25) is 0 Å². The van der Waals surface area contributed by atoms with Crippen LogP contribution in [0.15, 0.2) is 24.3 Å². The van der Waals surface area contributed by atoms with E-state index in [1.807, 2.05) is 0 Å². The van der Waals surface area contributed by atoms with Gasteiger partial charge in [-0.1, -0.05) is 24.3 Å². The minimum Gasteiger partial charge on any atom is -0.372 e. The maximum atomic E-state index is 10.9. The molecule has 0 spiro atoms.